The summed E-state index contributed by atoms with van der Waals surface area (Å²) < 4.78 is 5.15. The summed E-state index contributed by atoms with van der Waals surface area (Å²) in [5.74, 6) is 0.832. The normalized spacial score (nSPS) is 10.4. The SMILES string of the molecule is COc1ccc(CCc2cc(=O)c(=O)[nH][nH]2)c(C)c1. The van der Waals surface area contributed by atoms with Crippen LogP contribution in [-0.2, 0) is 12.8 Å². The Morgan fingerprint density at radius 1 is 1.11 bits per heavy atom. The molecule has 2 N–H and O–H groups in total. The van der Waals surface area contributed by atoms with Crippen LogP contribution >= 0.6 is 0 Å². The highest BCUT2D eigenvalue weighted by molar-refractivity contribution is 5.35. The molecule has 2 aromatic rings. The number of aryl methyl sites for hydroxylation is 3. The van der Waals surface area contributed by atoms with Gasteiger partial charge in [-0.25, -0.2) is 0 Å². The lowest BCUT2D eigenvalue weighted by Gasteiger charge is -2.08. The van der Waals surface area contributed by atoms with Gasteiger partial charge in [-0.05, 0) is 43.0 Å². The van der Waals surface area contributed by atoms with Gasteiger partial charge in [0.15, 0.2) is 0 Å². The van der Waals surface area contributed by atoms with Crippen molar-refractivity contribution in [3.63, 3.8) is 0 Å². The average Bonchev–Trinajstić information content (AvgIpc) is 2.41. The van der Waals surface area contributed by atoms with Crippen molar-refractivity contribution >= 4 is 0 Å². The summed E-state index contributed by atoms with van der Waals surface area (Å²) in [6, 6.07) is 7.25. The third-order valence-electron chi connectivity index (χ3n) is 3.08. The van der Waals surface area contributed by atoms with E-state index in [1.54, 1.807) is 7.11 Å². The van der Waals surface area contributed by atoms with E-state index in [1.165, 1.54) is 11.6 Å². The lowest BCUT2D eigenvalue weighted by Crippen LogP contribution is -2.27. The minimum Gasteiger partial charge on any atom is -0.497 e. The first kappa shape index (κ1) is 13.1. The smallest absolute Gasteiger partial charge is 0.310 e. The van der Waals surface area contributed by atoms with E-state index in [4.69, 9.17) is 4.74 Å². The number of methoxy groups -OCH3 is 1. The van der Waals surface area contributed by atoms with Gasteiger partial charge in [0.05, 0.1) is 7.11 Å². The molecule has 5 heteroatoms. The van der Waals surface area contributed by atoms with Crippen LogP contribution in [0.1, 0.15) is 16.8 Å². The van der Waals surface area contributed by atoms with Crippen LogP contribution in [0.15, 0.2) is 33.9 Å². The van der Waals surface area contributed by atoms with Gasteiger partial charge in [0, 0.05) is 11.8 Å². The lowest BCUT2D eigenvalue weighted by molar-refractivity contribution is 0.414. The Morgan fingerprint density at radius 3 is 2.53 bits per heavy atom. The molecule has 0 amide bonds. The monoisotopic (exact) mass is 260 g/mol. The van der Waals surface area contributed by atoms with Crippen LogP contribution in [0.25, 0.3) is 0 Å². The first-order chi connectivity index (χ1) is 9.10. The van der Waals surface area contributed by atoms with Crippen molar-refractivity contribution in [3.8, 4) is 5.75 Å². The van der Waals surface area contributed by atoms with E-state index in [9.17, 15) is 9.59 Å². The van der Waals surface area contributed by atoms with Gasteiger partial charge in [-0.3, -0.25) is 14.7 Å². The van der Waals surface area contributed by atoms with Crippen molar-refractivity contribution in [2.75, 3.05) is 7.11 Å². The molecule has 100 valence electrons. The molecule has 1 aromatic heterocycles. The van der Waals surface area contributed by atoms with E-state index in [2.05, 4.69) is 10.2 Å². The summed E-state index contributed by atoms with van der Waals surface area (Å²) in [5, 5.41) is 5.05. The van der Waals surface area contributed by atoms with Crippen molar-refractivity contribution < 1.29 is 4.74 Å². The Balaban J connectivity index is 2.12. The van der Waals surface area contributed by atoms with E-state index in [1.807, 2.05) is 25.1 Å². The highest BCUT2D eigenvalue weighted by Crippen LogP contribution is 2.17. The van der Waals surface area contributed by atoms with Gasteiger partial charge in [-0.15, -0.1) is 0 Å². The second-order valence-corrected chi connectivity index (χ2v) is 4.41. The van der Waals surface area contributed by atoms with E-state index in [-0.39, 0.29) is 0 Å². The molecule has 0 aliphatic rings. The molecular weight excluding hydrogens is 244 g/mol. The second-order valence-electron chi connectivity index (χ2n) is 4.41. The van der Waals surface area contributed by atoms with E-state index in [0.29, 0.717) is 6.42 Å². The van der Waals surface area contributed by atoms with Crippen LogP contribution in [-0.4, -0.2) is 17.3 Å². The van der Waals surface area contributed by atoms with Gasteiger partial charge in [0.25, 0.3) is 0 Å². The Morgan fingerprint density at radius 2 is 1.89 bits per heavy atom. The number of hydrogen-bond acceptors (Lipinski definition) is 3. The minimum atomic E-state index is -0.621. The molecule has 1 heterocycles. The fourth-order valence-electron chi connectivity index (χ4n) is 1.94. The van der Waals surface area contributed by atoms with Crippen molar-refractivity contribution in [2.45, 2.75) is 19.8 Å². The number of aromatic amines is 2. The number of aromatic nitrogens is 2. The first-order valence-corrected chi connectivity index (χ1v) is 6.04. The predicted octanol–water partition coefficient (Wildman–Crippen LogP) is 1.17. The van der Waals surface area contributed by atoms with Crippen LogP contribution in [0.3, 0.4) is 0 Å². The molecule has 0 fully saturated rings. The molecule has 19 heavy (non-hydrogen) atoms. The Hall–Kier alpha value is -2.30. The maximum Gasteiger partial charge on any atom is 0.310 e. The number of H-pyrrole nitrogens is 2. The molecule has 0 saturated heterocycles. The molecule has 0 radical (unpaired) electrons. The maximum atomic E-state index is 11.2. The number of nitrogens with one attached hydrogen (secondary N) is 2. The van der Waals surface area contributed by atoms with Gasteiger partial charge in [0.1, 0.15) is 5.75 Å². The third-order valence-corrected chi connectivity index (χ3v) is 3.08. The highest BCUT2D eigenvalue weighted by Gasteiger charge is 2.03. The van der Waals surface area contributed by atoms with Crippen molar-refractivity contribution in [2.24, 2.45) is 0 Å². The summed E-state index contributed by atoms with van der Waals surface area (Å²) in [6.45, 7) is 2.02. The van der Waals surface area contributed by atoms with Gasteiger partial charge in [0.2, 0.25) is 5.43 Å². The van der Waals surface area contributed by atoms with Gasteiger partial charge in [-0.1, -0.05) is 6.07 Å². The van der Waals surface area contributed by atoms with Crippen molar-refractivity contribution in [1.82, 2.24) is 10.2 Å². The number of rotatable bonds is 4. The lowest BCUT2D eigenvalue weighted by atomic mass is 10.0. The zero-order valence-corrected chi connectivity index (χ0v) is 10.9. The molecule has 0 aliphatic carbocycles. The number of benzene rings is 1. The topological polar surface area (TPSA) is 75.0 Å². The zero-order chi connectivity index (χ0) is 13.8. The summed E-state index contributed by atoms with van der Waals surface area (Å²) >= 11 is 0. The van der Waals surface area contributed by atoms with Crippen molar-refractivity contribution in [3.05, 3.63) is 61.7 Å². The van der Waals surface area contributed by atoms with Crippen LogP contribution in [0.2, 0.25) is 0 Å². The summed E-state index contributed by atoms with van der Waals surface area (Å²) in [5.41, 5.74) is 1.92. The fraction of sp³-hybridized carbons (Fsp3) is 0.286. The van der Waals surface area contributed by atoms with Gasteiger partial charge >= 0.3 is 5.56 Å². The standard InChI is InChI=1S/C14H16N2O3/c1-9-7-12(19-2)6-4-10(9)3-5-11-8-13(17)14(18)16-15-11/h4,6-8H,3,5H2,1-2H3,(H,15,17)(H,16,18). The maximum absolute atomic E-state index is 11.2. The van der Waals surface area contributed by atoms with Gasteiger partial charge < -0.3 is 9.84 Å². The predicted molar refractivity (Wildman–Crippen MR) is 72.8 cm³/mol. The molecule has 2 rings (SSSR count). The molecule has 0 saturated carbocycles. The molecule has 0 atom stereocenters. The van der Waals surface area contributed by atoms with Crippen LogP contribution < -0.4 is 15.7 Å². The molecular formula is C14H16N2O3. The molecule has 0 aliphatic heterocycles. The van der Waals surface area contributed by atoms with Crippen molar-refractivity contribution in [1.29, 1.82) is 0 Å². The van der Waals surface area contributed by atoms with E-state index >= 15 is 0 Å². The zero-order valence-electron chi connectivity index (χ0n) is 10.9. The number of ether oxygens (including phenoxy) is 1. The third kappa shape index (κ3) is 3.13. The Bertz CT molecular complexity index is 686. The quantitative estimate of drug-likeness (QED) is 0.810. The second kappa shape index (κ2) is 5.56. The van der Waals surface area contributed by atoms with E-state index < -0.39 is 11.0 Å². The van der Waals surface area contributed by atoms with E-state index in [0.717, 1.165) is 23.4 Å². The fourth-order valence-corrected chi connectivity index (χ4v) is 1.94. The summed E-state index contributed by atoms with van der Waals surface area (Å²) in [4.78, 5) is 22.2. The first-order valence-electron chi connectivity index (χ1n) is 6.04. The van der Waals surface area contributed by atoms with Gasteiger partial charge in [-0.2, -0.15) is 0 Å². The molecule has 0 unspecified atom stereocenters. The molecule has 1 aromatic carbocycles. The molecule has 0 bridgehead atoms. The summed E-state index contributed by atoms with van der Waals surface area (Å²) in [7, 11) is 1.64. The average molecular weight is 260 g/mol. The summed E-state index contributed by atoms with van der Waals surface area (Å²) in [6.07, 6.45) is 1.46. The largest absolute Gasteiger partial charge is 0.497 e. The van der Waals surface area contributed by atoms with Crippen LogP contribution in [0, 0.1) is 6.92 Å². The highest BCUT2D eigenvalue weighted by atomic mass is 16.5. The van der Waals surface area contributed by atoms with Crippen LogP contribution in [0.4, 0.5) is 0 Å². The molecule has 5 nitrogen and oxygen atoms in total. The van der Waals surface area contributed by atoms with Crippen LogP contribution in [0.5, 0.6) is 5.75 Å². The minimum absolute atomic E-state index is 0.514. The Kier molecular flexibility index (Phi) is 3.85. The molecule has 0 spiro atoms. The Labute approximate surface area is 110 Å². The number of hydrogen-bond donors (Lipinski definition) is 2.